The molecular weight excluding hydrogens is 276 g/mol. The van der Waals surface area contributed by atoms with Gasteiger partial charge in [0.25, 0.3) is 0 Å². The van der Waals surface area contributed by atoms with E-state index in [9.17, 15) is 0 Å². The van der Waals surface area contributed by atoms with Gasteiger partial charge in [0.2, 0.25) is 0 Å². The van der Waals surface area contributed by atoms with Crippen molar-refractivity contribution in [2.24, 2.45) is 4.99 Å². The highest BCUT2D eigenvalue weighted by Gasteiger charge is 2.19. The predicted molar refractivity (Wildman–Crippen MR) is 89.0 cm³/mol. The van der Waals surface area contributed by atoms with Gasteiger partial charge >= 0.3 is 0 Å². The average Bonchev–Trinajstić information content (AvgIpc) is 2.80. The van der Waals surface area contributed by atoms with Gasteiger partial charge in [-0.3, -0.25) is 9.89 Å². The maximum atomic E-state index is 5.98. The molecule has 0 saturated carbocycles. The van der Waals surface area contributed by atoms with Crippen LogP contribution in [0.3, 0.4) is 0 Å². The lowest BCUT2D eigenvalue weighted by molar-refractivity contribution is 0.0564. The molecule has 1 saturated heterocycles. The molecule has 0 radical (unpaired) electrons. The second kappa shape index (κ2) is 8.15. The molecule has 5 nitrogen and oxygen atoms in total. The van der Waals surface area contributed by atoms with Gasteiger partial charge in [-0.25, -0.2) is 0 Å². The van der Waals surface area contributed by atoms with Crippen LogP contribution in [0.2, 0.25) is 0 Å². The molecule has 1 aromatic carbocycles. The molecule has 2 N–H and O–H groups in total. The highest BCUT2D eigenvalue weighted by atomic mass is 16.5. The van der Waals surface area contributed by atoms with Crippen LogP contribution < -0.4 is 10.6 Å². The third kappa shape index (κ3) is 4.71. The Hall–Kier alpha value is -1.59. The molecule has 22 heavy (non-hydrogen) atoms. The number of guanidine groups is 1. The highest BCUT2D eigenvalue weighted by molar-refractivity contribution is 5.80. The number of hydrogen-bond donors (Lipinski definition) is 2. The second-order valence-electron chi connectivity index (χ2n) is 5.96. The zero-order valence-electron chi connectivity index (χ0n) is 13.1. The molecule has 5 heteroatoms. The first-order valence-corrected chi connectivity index (χ1v) is 8.30. The number of benzene rings is 1. The molecule has 2 aliphatic heterocycles. The van der Waals surface area contributed by atoms with Crippen LogP contribution in [0.5, 0.6) is 0 Å². The van der Waals surface area contributed by atoms with Crippen molar-refractivity contribution < 1.29 is 4.74 Å². The van der Waals surface area contributed by atoms with Gasteiger partial charge in [-0.1, -0.05) is 30.3 Å². The Labute approximate surface area is 132 Å². The standard InChI is InChI=1S/C17H26N4O/c1-2-6-15(7-3-1)13-21-10-5-11-22-16(14-21)12-20-17-18-8-4-9-19-17/h1-3,6-7,16H,4-5,8-14H2,(H2,18,19,20). The Balaban J connectivity index is 1.50. The van der Waals surface area contributed by atoms with E-state index < -0.39 is 0 Å². The average molecular weight is 302 g/mol. The predicted octanol–water partition coefficient (Wildman–Crippen LogP) is 1.22. The van der Waals surface area contributed by atoms with Crippen LogP contribution in [0.15, 0.2) is 35.3 Å². The van der Waals surface area contributed by atoms with Crippen molar-refractivity contribution in [2.45, 2.75) is 25.5 Å². The maximum Gasteiger partial charge on any atom is 0.191 e. The number of ether oxygens (including phenoxy) is 1. The number of nitrogens with one attached hydrogen (secondary N) is 2. The van der Waals surface area contributed by atoms with E-state index in [1.807, 2.05) is 0 Å². The third-order valence-electron chi connectivity index (χ3n) is 4.08. The van der Waals surface area contributed by atoms with Crippen molar-refractivity contribution in [3.8, 4) is 0 Å². The zero-order valence-corrected chi connectivity index (χ0v) is 13.1. The van der Waals surface area contributed by atoms with E-state index in [0.717, 1.165) is 64.7 Å². The summed E-state index contributed by atoms with van der Waals surface area (Å²) in [6.07, 6.45) is 2.44. The second-order valence-corrected chi connectivity index (χ2v) is 5.96. The van der Waals surface area contributed by atoms with Gasteiger partial charge in [0.05, 0.1) is 6.10 Å². The number of nitrogens with zero attached hydrogens (tertiary/aromatic N) is 2. The Morgan fingerprint density at radius 3 is 3.00 bits per heavy atom. The van der Waals surface area contributed by atoms with Crippen molar-refractivity contribution >= 4 is 5.96 Å². The van der Waals surface area contributed by atoms with Crippen LogP contribution in [0.4, 0.5) is 0 Å². The van der Waals surface area contributed by atoms with Crippen LogP contribution in [-0.4, -0.2) is 56.3 Å². The van der Waals surface area contributed by atoms with E-state index in [1.165, 1.54) is 5.56 Å². The lowest BCUT2D eigenvalue weighted by atomic mass is 10.2. The van der Waals surface area contributed by atoms with E-state index in [4.69, 9.17) is 4.74 Å². The molecule has 0 aliphatic carbocycles. The monoisotopic (exact) mass is 302 g/mol. The minimum Gasteiger partial charge on any atom is -0.375 e. The number of aliphatic imine (C=N–C) groups is 1. The summed E-state index contributed by atoms with van der Waals surface area (Å²) < 4.78 is 5.98. The van der Waals surface area contributed by atoms with Gasteiger partial charge in [0.15, 0.2) is 5.96 Å². The number of rotatable bonds is 4. The first kappa shape index (κ1) is 15.3. The topological polar surface area (TPSA) is 48.9 Å². The lowest BCUT2D eigenvalue weighted by Gasteiger charge is -2.25. The summed E-state index contributed by atoms with van der Waals surface area (Å²) in [6.45, 7) is 6.66. The summed E-state index contributed by atoms with van der Waals surface area (Å²) in [7, 11) is 0. The van der Waals surface area contributed by atoms with Gasteiger partial charge in [0.1, 0.15) is 0 Å². The fourth-order valence-electron chi connectivity index (χ4n) is 2.94. The van der Waals surface area contributed by atoms with E-state index >= 15 is 0 Å². The van der Waals surface area contributed by atoms with Crippen LogP contribution in [0.1, 0.15) is 18.4 Å². The molecule has 1 fully saturated rings. The molecule has 1 unspecified atom stereocenters. The zero-order chi connectivity index (χ0) is 15.0. The quantitative estimate of drug-likeness (QED) is 0.878. The van der Waals surface area contributed by atoms with E-state index in [1.54, 1.807) is 0 Å². The van der Waals surface area contributed by atoms with Gasteiger partial charge < -0.3 is 15.4 Å². The minimum atomic E-state index is 0.220. The van der Waals surface area contributed by atoms with Gasteiger partial charge in [0, 0.05) is 45.9 Å². The summed E-state index contributed by atoms with van der Waals surface area (Å²) in [5.74, 6) is 0.925. The molecule has 0 spiro atoms. The molecule has 0 bridgehead atoms. The van der Waals surface area contributed by atoms with Crippen LogP contribution in [-0.2, 0) is 11.3 Å². The molecule has 0 aromatic heterocycles. The SMILES string of the molecule is c1ccc(CN2CCCOC(CNC3=NCCCN3)C2)cc1. The molecule has 3 rings (SSSR count). The normalized spacial score (nSPS) is 23.3. The highest BCUT2D eigenvalue weighted by Crippen LogP contribution is 2.10. The van der Waals surface area contributed by atoms with Crippen molar-refractivity contribution in [2.75, 3.05) is 39.3 Å². The summed E-state index contributed by atoms with van der Waals surface area (Å²) in [4.78, 5) is 6.94. The molecule has 2 aliphatic rings. The lowest BCUT2D eigenvalue weighted by Crippen LogP contribution is -2.46. The Bertz CT molecular complexity index is 477. The van der Waals surface area contributed by atoms with Crippen molar-refractivity contribution in [3.63, 3.8) is 0 Å². The molecule has 0 amide bonds. The summed E-state index contributed by atoms with van der Waals surface area (Å²) in [5, 5.41) is 6.69. The summed E-state index contributed by atoms with van der Waals surface area (Å²) in [6, 6.07) is 10.7. The van der Waals surface area contributed by atoms with E-state index in [2.05, 4.69) is 50.9 Å². The minimum absolute atomic E-state index is 0.220. The van der Waals surface area contributed by atoms with Gasteiger partial charge in [-0.15, -0.1) is 0 Å². The van der Waals surface area contributed by atoms with E-state index in [-0.39, 0.29) is 6.10 Å². The molecule has 120 valence electrons. The van der Waals surface area contributed by atoms with Crippen molar-refractivity contribution in [1.29, 1.82) is 0 Å². The van der Waals surface area contributed by atoms with Crippen molar-refractivity contribution in [1.82, 2.24) is 15.5 Å². The maximum absolute atomic E-state index is 5.98. The fourth-order valence-corrected chi connectivity index (χ4v) is 2.94. The molecule has 2 heterocycles. The first-order valence-electron chi connectivity index (χ1n) is 8.30. The number of hydrogen-bond acceptors (Lipinski definition) is 5. The largest absolute Gasteiger partial charge is 0.375 e. The van der Waals surface area contributed by atoms with Crippen LogP contribution >= 0.6 is 0 Å². The van der Waals surface area contributed by atoms with Crippen molar-refractivity contribution in [3.05, 3.63) is 35.9 Å². The Morgan fingerprint density at radius 1 is 1.27 bits per heavy atom. The summed E-state index contributed by atoms with van der Waals surface area (Å²) >= 11 is 0. The van der Waals surface area contributed by atoms with E-state index in [0.29, 0.717) is 0 Å². The third-order valence-corrected chi connectivity index (χ3v) is 4.08. The van der Waals surface area contributed by atoms with Gasteiger partial charge in [-0.05, 0) is 18.4 Å². The Morgan fingerprint density at radius 2 is 2.18 bits per heavy atom. The van der Waals surface area contributed by atoms with Gasteiger partial charge in [-0.2, -0.15) is 0 Å². The summed E-state index contributed by atoms with van der Waals surface area (Å²) in [5.41, 5.74) is 1.37. The molecule has 1 aromatic rings. The fraction of sp³-hybridized carbons (Fsp3) is 0.588. The first-order chi connectivity index (χ1) is 10.9. The van der Waals surface area contributed by atoms with Crippen LogP contribution in [0.25, 0.3) is 0 Å². The molecular formula is C17H26N4O. The van der Waals surface area contributed by atoms with Crippen LogP contribution in [0, 0.1) is 0 Å². The Kier molecular flexibility index (Phi) is 5.67. The molecule has 1 atom stereocenters. The smallest absolute Gasteiger partial charge is 0.191 e.